The summed E-state index contributed by atoms with van der Waals surface area (Å²) < 4.78 is 162. The van der Waals surface area contributed by atoms with Crippen molar-refractivity contribution in [2.24, 2.45) is 0 Å². The van der Waals surface area contributed by atoms with Crippen molar-refractivity contribution in [2.45, 2.75) is 234 Å². The SMILES string of the molecule is C.C.C.C.C.C.C.C.C.COCCCCCCOCCOC.COCCCCCOCCCCOC.COCCCCCOCCCOC.COCCCCOCCCCOC.COCCCCOCCOCCOC.COCCCCOCCOCCOC.COCCCOCCCOCCOC.COCCOCCCCOCCOC.COCCOCCCOCCOC. The Bertz CT molecular complexity index is 1170. The van der Waals surface area contributed by atoms with Gasteiger partial charge in [0.2, 0.25) is 0 Å². The first-order chi connectivity index (χ1) is 60.2. The van der Waals surface area contributed by atoms with Crippen LogP contribution in [-0.2, 0) is 152 Å². The smallest absolute Gasteiger partial charge is 0.0701 e. The predicted octanol–water partition coefficient (Wildman–Crippen LogP) is 18.6. The van der Waals surface area contributed by atoms with Gasteiger partial charge in [-0.25, -0.2) is 0 Å². The molecule has 0 aliphatic carbocycles. The zero-order valence-corrected chi connectivity index (χ0v) is 82.0. The number of hydrogen-bond acceptors (Lipinski definition) is 32. The van der Waals surface area contributed by atoms with E-state index < -0.39 is 0 Å². The molecule has 32 heteroatoms. The average Bonchev–Trinajstić information content (AvgIpc) is 1.12. The van der Waals surface area contributed by atoms with Crippen molar-refractivity contribution in [2.75, 3.05) is 432 Å². The summed E-state index contributed by atoms with van der Waals surface area (Å²) in [6.45, 7) is 34.5. The summed E-state index contributed by atoms with van der Waals surface area (Å²) in [4.78, 5) is 0. The van der Waals surface area contributed by atoms with E-state index in [1.54, 1.807) is 128 Å². The number of rotatable bonds is 95. The van der Waals surface area contributed by atoms with Crippen LogP contribution in [0.15, 0.2) is 0 Å². The van der Waals surface area contributed by atoms with Crippen LogP contribution in [0.1, 0.15) is 234 Å². The Morgan fingerprint density at radius 1 is 0.0687 bits per heavy atom. The second-order valence-corrected chi connectivity index (χ2v) is 26.6. The van der Waals surface area contributed by atoms with Gasteiger partial charge in [0.1, 0.15) is 0 Å². The molecule has 0 atom stereocenters. The first-order valence-corrected chi connectivity index (χ1v) is 45.1. The second kappa shape index (κ2) is 199. The van der Waals surface area contributed by atoms with Crippen LogP contribution in [0.3, 0.4) is 0 Å². The lowest BCUT2D eigenvalue weighted by Crippen LogP contribution is -2.09. The summed E-state index contributed by atoms with van der Waals surface area (Å²) in [7, 11) is 30.6. The van der Waals surface area contributed by atoms with Gasteiger partial charge in [-0.1, -0.05) is 79.7 Å². The van der Waals surface area contributed by atoms with Crippen LogP contribution in [0, 0.1) is 0 Å². The molecule has 0 aliphatic heterocycles. The molecular weight excluding hydrogens is 1700 g/mol. The highest BCUT2D eigenvalue weighted by Gasteiger charge is 2.00. The fourth-order valence-corrected chi connectivity index (χ4v) is 8.66. The van der Waals surface area contributed by atoms with E-state index in [4.69, 9.17) is 152 Å². The summed E-state index contributed by atoms with van der Waals surface area (Å²) in [5.41, 5.74) is 0. The summed E-state index contributed by atoms with van der Waals surface area (Å²) >= 11 is 0. The number of methoxy groups -OCH3 is 18. The molecule has 0 bridgehead atoms. The van der Waals surface area contributed by atoms with Crippen LogP contribution >= 0.6 is 0 Å². The van der Waals surface area contributed by atoms with Gasteiger partial charge in [-0.15, -0.1) is 0 Å². The molecule has 0 aromatic rings. The third-order valence-corrected chi connectivity index (χ3v) is 15.6. The molecule has 0 spiro atoms. The van der Waals surface area contributed by atoms with E-state index in [0.29, 0.717) is 132 Å². The predicted molar refractivity (Wildman–Crippen MR) is 546 cm³/mol. The van der Waals surface area contributed by atoms with Crippen LogP contribution in [0.4, 0.5) is 0 Å². The Morgan fingerprint density at radius 2 is 0.137 bits per heavy atom. The lowest BCUT2D eigenvalue weighted by molar-refractivity contribution is 0.0230. The molecule has 822 valence electrons. The highest BCUT2D eigenvalue weighted by molar-refractivity contribution is 4.48. The molecule has 0 amide bonds. The van der Waals surface area contributed by atoms with Crippen LogP contribution in [0.25, 0.3) is 0 Å². The Labute approximate surface area is 813 Å². The molecule has 0 heterocycles. The van der Waals surface area contributed by atoms with Gasteiger partial charge in [0.05, 0.1) is 132 Å². The van der Waals surface area contributed by atoms with Crippen molar-refractivity contribution in [3.63, 3.8) is 0 Å². The van der Waals surface area contributed by atoms with Gasteiger partial charge in [-0.2, -0.15) is 0 Å². The summed E-state index contributed by atoms with van der Waals surface area (Å²) in [5, 5.41) is 0. The molecule has 0 aromatic heterocycles. The molecule has 0 unspecified atom stereocenters. The lowest BCUT2D eigenvalue weighted by atomic mass is 10.2. The zero-order chi connectivity index (χ0) is 91.5. The summed E-state index contributed by atoms with van der Waals surface area (Å²) in [6, 6.07) is 0. The van der Waals surface area contributed by atoms with Gasteiger partial charge < -0.3 is 152 Å². The van der Waals surface area contributed by atoms with Crippen LogP contribution < -0.4 is 0 Å². The van der Waals surface area contributed by atoms with Crippen LogP contribution in [-0.4, -0.2) is 432 Å². The van der Waals surface area contributed by atoms with E-state index in [1.807, 2.05) is 0 Å². The molecule has 0 aliphatic rings. The molecule has 0 saturated carbocycles. The Balaban J connectivity index is -0.0000000680. The topological polar surface area (TPSA) is 295 Å². The highest BCUT2D eigenvalue weighted by Crippen LogP contribution is 2.03. The second-order valence-electron chi connectivity index (χ2n) is 26.6. The van der Waals surface area contributed by atoms with Gasteiger partial charge in [0.15, 0.2) is 0 Å². The average molecular weight is 1940 g/mol. The first-order valence-electron chi connectivity index (χ1n) is 45.1. The van der Waals surface area contributed by atoms with E-state index in [1.165, 1.54) is 25.7 Å². The molecular formula is C99H234O32. The Hall–Kier alpha value is -1.28. The number of ether oxygens (including phenoxy) is 32. The fourth-order valence-electron chi connectivity index (χ4n) is 8.66. The minimum atomic E-state index is 0. The molecule has 131 heavy (non-hydrogen) atoms. The maximum Gasteiger partial charge on any atom is 0.0701 e. The molecule has 0 N–H and O–H groups in total. The van der Waals surface area contributed by atoms with Gasteiger partial charge >= 0.3 is 0 Å². The van der Waals surface area contributed by atoms with Crippen molar-refractivity contribution < 1.29 is 152 Å². The number of hydrogen-bond donors (Lipinski definition) is 0. The lowest BCUT2D eigenvalue weighted by Gasteiger charge is -2.05. The Kier molecular flexibility index (Phi) is 262. The van der Waals surface area contributed by atoms with Crippen LogP contribution in [0.2, 0.25) is 0 Å². The molecule has 0 aromatic carbocycles. The van der Waals surface area contributed by atoms with Crippen molar-refractivity contribution in [1.82, 2.24) is 0 Å². The Morgan fingerprint density at radius 3 is 0.275 bits per heavy atom. The van der Waals surface area contributed by atoms with E-state index >= 15 is 0 Å². The molecule has 0 saturated heterocycles. The standard InChI is InChI=1S/C11H24O3.4C10H22O4.3C10H22O3.C9H20O4.9CH4/c1-12-8-4-3-5-10-14-11-7-6-9-13-2;1-11-5-3-6-13-7-4-8-14-10-9-12-2;1-11-7-9-13-5-3-4-6-14-10-8-12-2;2*1-11-5-3-4-6-13-9-10-14-8-7-12-2;1-11-7-3-5-9-13-10-6-4-8-12-2;1-11-7-4-3-5-9-13-10-6-8-12-2;1-11-7-5-3-4-6-8-13-10-9-12-2;1-10-6-8-12-4-3-5-13-9-7-11-2;;;;;;;;;/h3-11H2,1-2H3;4*3-10H2,1-2H3;3*3-10H2,1-2H3;3-9H2,1-2H3;9*1H4. The monoisotopic (exact) mass is 1940 g/mol. The molecule has 0 fully saturated rings. The van der Waals surface area contributed by atoms with Crippen molar-refractivity contribution >= 4 is 0 Å². The van der Waals surface area contributed by atoms with Crippen molar-refractivity contribution in [3.05, 3.63) is 0 Å². The minimum Gasteiger partial charge on any atom is -0.385 e. The first kappa shape index (κ1) is 172. The van der Waals surface area contributed by atoms with Gasteiger partial charge in [0, 0.05) is 300 Å². The van der Waals surface area contributed by atoms with Gasteiger partial charge in [0.25, 0.3) is 0 Å². The third-order valence-electron chi connectivity index (χ3n) is 15.6. The van der Waals surface area contributed by atoms with E-state index in [0.717, 1.165) is 313 Å². The van der Waals surface area contributed by atoms with Crippen LogP contribution in [0.5, 0.6) is 0 Å². The zero-order valence-electron chi connectivity index (χ0n) is 82.0. The highest BCUT2D eigenvalue weighted by atomic mass is 16.6. The normalized spacial score (nSPS) is 9.94. The summed E-state index contributed by atoms with van der Waals surface area (Å²) in [5.74, 6) is 0. The van der Waals surface area contributed by atoms with E-state index in [-0.39, 0.29) is 66.8 Å². The fraction of sp³-hybridized carbons (Fsp3) is 1.00. The largest absolute Gasteiger partial charge is 0.385 e. The van der Waals surface area contributed by atoms with Crippen molar-refractivity contribution in [1.29, 1.82) is 0 Å². The molecule has 0 rings (SSSR count). The third kappa shape index (κ3) is 235. The number of unbranched alkanes of at least 4 members (excludes halogenated alkanes) is 13. The molecule has 32 nitrogen and oxygen atoms in total. The molecule has 0 radical (unpaired) electrons. The van der Waals surface area contributed by atoms with Gasteiger partial charge in [-0.05, 0) is 154 Å². The van der Waals surface area contributed by atoms with E-state index in [9.17, 15) is 0 Å². The van der Waals surface area contributed by atoms with E-state index in [2.05, 4.69) is 0 Å². The van der Waals surface area contributed by atoms with Crippen molar-refractivity contribution in [3.8, 4) is 0 Å². The van der Waals surface area contributed by atoms with Gasteiger partial charge in [-0.3, -0.25) is 0 Å². The minimum absolute atomic E-state index is 0. The maximum absolute atomic E-state index is 5.46. The quantitative estimate of drug-likeness (QED) is 0.0511. The summed E-state index contributed by atoms with van der Waals surface area (Å²) in [6.07, 6.45) is 28.4. The maximum atomic E-state index is 5.46.